The summed E-state index contributed by atoms with van der Waals surface area (Å²) in [5.41, 5.74) is 0.947. The molecule has 0 spiro atoms. The molecule has 1 atom stereocenters. The van der Waals surface area contributed by atoms with Gasteiger partial charge in [-0.3, -0.25) is 4.79 Å². The topological polar surface area (TPSA) is 50.4 Å². The predicted octanol–water partition coefficient (Wildman–Crippen LogP) is 1.88. The molecular weight excluding hydrogens is 252 g/mol. The van der Waals surface area contributed by atoms with Crippen LogP contribution in [0.25, 0.3) is 0 Å². The summed E-state index contributed by atoms with van der Waals surface area (Å²) in [7, 11) is 0. The largest absolute Gasteiger partial charge is 0.491 e. The zero-order valence-electron chi connectivity index (χ0n) is 12.3. The van der Waals surface area contributed by atoms with Gasteiger partial charge in [-0.2, -0.15) is 0 Å². The third kappa shape index (κ3) is 4.53. The van der Waals surface area contributed by atoms with Crippen LogP contribution >= 0.6 is 0 Å². The second kappa shape index (κ2) is 7.29. The lowest BCUT2D eigenvalue weighted by molar-refractivity contribution is -0.121. The van der Waals surface area contributed by atoms with Crippen molar-refractivity contribution < 1.29 is 9.53 Å². The van der Waals surface area contributed by atoms with Gasteiger partial charge in [-0.25, -0.2) is 0 Å². The van der Waals surface area contributed by atoms with E-state index in [0.717, 1.165) is 37.2 Å². The van der Waals surface area contributed by atoms with Crippen LogP contribution in [0.3, 0.4) is 0 Å². The standard InChI is InChI=1S/C16H24N2O2/c1-12(2)20-15-8-4-3-6-13(15)10-16(19)18-14-7-5-9-17-11-14/h3-4,6,8,12,14,17H,5,7,9-11H2,1-2H3,(H,18,19)/t14-/m0/s1. The summed E-state index contributed by atoms with van der Waals surface area (Å²) >= 11 is 0. The summed E-state index contributed by atoms with van der Waals surface area (Å²) in [6, 6.07) is 8.01. The van der Waals surface area contributed by atoms with Crippen LogP contribution in [0.15, 0.2) is 24.3 Å². The summed E-state index contributed by atoms with van der Waals surface area (Å²) in [4.78, 5) is 12.1. The summed E-state index contributed by atoms with van der Waals surface area (Å²) < 4.78 is 5.74. The molecule has 2 N–H and O–H groups in total. The lowest BCUT2D eigenvalue weighted by atomic mass is 10.1. The van der Waals surface area contributed by atoms with Gasteiger partial charge in [0.2, 0.25) is 5.91 Å². The Hall–Kier alpha value is -1.55. The first-order valence-electron chi connectivity index (χ1n) is 7.40. The molecule has 20 heavy (non-hydrogen) atoms. The zero-order chi connectivity index (χ0) is 14.4. The molecule has 1 amide bonds. The molecule has 0 bridgehead atoms. The van der Waals surface area contributed by atoms with Crippen molar-refractivity contribution in [2.45, 2.75) is 45.3 Å². The molecule has 0 saturated carbocycles. The first kappa shape index (κ1) is 14.9. The Morgan fingerprint density at radius 3 is 2.95 bits per heavy atom. The Morgan fingerprint density at radius 2 is 2.25 bits per heavy atom. The van der Waals surface area contributed by atoms with Crippen molar-refractivity contribution in [2.24, 2.45) is 0 Å². The minimum Gasteiger partial charge on any atom is -0.491 e. The van der Waals surface area contributed by atoms with Gasteiger partial charge in [-0.1, -0.05) is 18.2 Å². The van der Waals surface area contributed by atoms with Crippen molar-refractivity contribution in [1.29, 1.82) is 0 Å². The molecule has 1 heterocycles. The quantitative estimate of drug-likeness (QED) is 0.863. The molecule has 1 aromatic carbocycles. The third-order valence-corrected chi connectivity index (χ3v) is 3.35. The van der Waals surface area contributed by atoms with Gasteiger partial charge in [0.1, 0.15) is 5.75 Å². The van der Waals surface area contributed by atoms with E-state index in [0.29, 0.717) is 6.42 Å². The monoisotopic (exact) mass is 276 g/mol. The van der Waals surface area contributed by atoms with E-state index in [9.17, 15) is 4.79 Å². The SMILES string of the molecule is CC(C)Oc1ccccc1CC(=O)N[C@H]1CCCNC1. The van der Waals surface area contributed by atoms with Gasteiger partial charge in [-0.15, -0.1) is 0 Å². The predicted molar refractivity (Wildman–Crippen MR) is 79.9 cm³/mol. The van der Waals surface area contributed by atoms with Crippen molar-refractivity contribution in [1.82, 2.24) is 10.6 Å². The average molecular weight is 276 g/mol. The molecular formula is C16H24N2O2. The molecule has 1 saturated heterocycles. The van der Waals surface area contributed by atoms with Crippen molar-refractivity contribution in [3.63, 3.8) is 0 Å². The van der Waals surface area contributed by atoms with Gasteiger partial charge in [0.25, 0.3) is 0 Å². The number of rotatable bonds is 5. The molecule has 0 unspecified atom stereocenters. The highest BCUT2D eigenvalue weighted by atomic mass is 16.5. The summed E-state index contributed by atoms with van der Waals surface area (Å²) in [5.74, 6) is 0.873. The second-order valence-corrected chi connectivity index (χ2v) is 5.56. The molecule has 4 nitrogen and oxygen atoms in total. The summed E-state index contributed by atoms with van der Waals surface area (Å²) in [6.07, 6.45) is 2.67. The van der Waals surface area contributed by atoms with Crippen molar-refractivity contribution >= 4 is 5.91 Å². The highest BCUT2D eigenvalue weighted by Crippen LogP contribution is 2.20. The van der Waals surface area contributed by atoms with E-state index in [1.165, 1.54) is 0 Å². The van der Waals surface area contributed by atoms with Crippen LogP contribution < -0.4 is 15.4 Å². The van der Waals surface area contributed by atoms with Crippen molar-refractivity contribution in [2.75, 3.05) is 13.1 Å². The smallest absolute Gasteiger partial charge is 0.224 e. The Bertz CT molecular complexity index is 440. The van der Waals surface area contributed by atoms with E-state index in [4.69, 9.17) is 4.74 Å². The minimum absolute atomic E-state index is 0.0681. The number of carbonyl (C=O) groups excluding carboxylic acids is 1. The number of hydrogen-bond donors (Lipinski definition) is 2. The van der Waals surface area contributed by atoms with Crippen LogP contribution in [0, 0.1) is 0 Å². The highest BCUT2D eigenvalue weighted by molar-refractivity contribution is 5.79. The van der Waals surface area contributed by atoms with Crippen LogP contribution in [0.2, 0.25) is 0 Å². The van der Waals surface area contributed by atoms with E-state index < -0.39 is 0 Å². The molecule has 1 fully saturated rings. The third-order valence-electron chi connectivity index (χ3n) is 3.35. The number of amides is 1. The van der Waals surface area contributed by atoms with Gasteiger partial charge in [0, 0.05) is 18.2 Å². The van der Waals surface area contributed by atoms with Gasteiger partial charge < -0.3 is 15.4 Å². The molecule has 1 aliphatic rings. The van der Waals surface area contributed by atoms with Gasteiger partial charge in [-0.05, 0) is 39.3 Å². The van der Waals surface area contributed by atoms with Crippen LogP contribution in [0.4, 0.5) is 0 Å². The van der Waals surface area contributed by atoms with E-state index in [-0.39, 0.29) is 18.1 Å². The van der Waals surface area contributed by atoms with Crippen LogP contribution in [0.1, 0.15) is 32.3 Å². The normalized spacial score (nSPS) is 18.9. The van der Waals surface area contributed by atoms with Crippen LogP contribution in [-0.4, -0.2) is 31.1 Å². The molecule has 0 aliphatic carbocycles. The summed E-state index contributed by atoms with van der Waals surface area (Å²) in [6.45, 7) is 5.91. The zero-order valence-corrected chi connectivity index (χ0v) is 12.3. The Balaban J connectivity index is 1.93. The molecule has 1 aliphatic heterocycles. The fourth-order valence-corrected chi connectivity index (χ4v) is 2.45. The maximum absolute atomic E-state index is 12.1. The molecule has 0 radical (unpaired) electrons. The molecule has 2 rings (SSSR count). The maximum atomic E-state index is 12.1. The number of hydrogen-bond acceptors (Lipinski definition) is 3. The van der Waals surface area contributed by atoms with E-state index in [1.807, 2.05) is 38.1 Å². The number of nitrogens with one attached hydrogen (secondary N) is 2. The van der Waals surface area contributed by atoms with Crippen molar-refractivity contribution in [3.05, 3.63) is 29.8 Å². The molecule has 1 aromatic rings. The fourth-order valence-electron chi connectivity index (χ4n) is 2.45. The number of para-hydroxylation sites is 1. The van der Waals surface area contributed by atoms with Crippen LogP contribution in [-0.2, 0) is 11.2 Å². The number of ether oxygens (including phenoxy) is 1. The fraction of sp³-hybridized carbons (Fsp3) is 0.562. The second-order valence-electron chi connectivity index (χ2n) is 5.56. The number of piperidine rings is 1. The molecule has 0 aromatic heterocycles. The Morgan fingerprint density at radius 1 is 1.45 bits per heavy atom. The molecule has 4 heteroatoms. The van der Waals surface area contributed by atoms with E-state index >= 15 is 0 Å². The van der Waals surface area contributed by atoms with Crippen molar-refractivity contribution in [3.8, 4) is 5.75 Å². The van der Waals surface area contributed by atoms with E-state index in [1.54, 1.807) is 0 Å². The summed E-state index contributed by atoms with van der Waals surface area (Å²) in [5, 5.41) is 6.39. The number of benzene rings is 1. The molecule has 110 valence electrons. The Labute approximate surface area is 120 Å². The lowest BCUT2D eigenvalue weighted by Gasteiger charge is -2.24. The highest BCUT2D eigenvalue weighted by Gasteiger charge is 2.16. The van der Waals surface area contributed by atoms with E-state index in [2.05, 4.69) is 10.6 Å². The van der Waals surface area contributed by atoms with Gasteiger partial charge >= 0.3 is 0 Å². The maximum Gasteiger partial charge on any atom is 0.224 e. The number of carbonyl (C=O) groups is 1. The van der Waals surface area contributed by atoms with Gasteiger partial charge in [0.15, 0.2) is 0 Å². The van der Waals surface area contributed by atoms with Crippen LogP contribution in [0.5, 0.6) is 5.75 Å². The Kier molecular flexibility index (Phi) is 5.41. The average Bonchev–Trinajstić information content (AvgIpc) is 2.41. The lowest BCUT2D eigenvalue weighted by Crippen LogP contribution is -2.46. The minimum atomic E-state index is 0.0681. The first-order valence-corrected chi connectivity index (χ1v) is 7.40. The first-order chi connectivity index (χ1) is 9.65. The van der Waals surface area contributed by atoms with Gasteiger partial charge in [0.05, 0.1) is 12.5 Å².